The topological polar surface area (TPSA) is 50.4 Å². The lowest BCUT2D eigenvalue weighted by Gasteiger charge is -2.10. The smallest absolute Gasteiger partial charge is 0.246 e. The highest BCUT2D eigenvalue weighted by Crippen LogP contribution is 1.96. The molecule has 1 atom stereocenters. The van der Waals surface area contributed by atoms with Crippen molar-refractivity contribution in [3.63, 3.8) is 0 Å². The lowest BCUT2D eigenvalue weighted by molar-refractivity contribution is -0.126. The zero-order valence-electron chi connectivity index (χ0n) is 7.43. The molecule has 0 spiro atoms. The van der Waals surface area contributed by atoms with Crippen LogP contribution in [0, 0.1) is 0 Å². The Hall–Kier alpha value is -0.610. The molecular formula is C8H20N2O2. The number of ether oxygens (including phenoxy) is 1. The number of nitrogens with one attached hydrogen (secondary N) is 2. The van der Waals surface area contributed by atoms with Crippen molar-refractivity contribution in [2.24, 2.45) is 0 Å². The van der Waals surface area contributed by atoms with Gasteiger partial charge >= 0.3 is 0 Å². The second-order valence-corrected chi connectivity index (χ2v) is 2.89. The van der Waals surface area contributed by atoms with Gasteiger partial charge in [-0.2, -0.15) is 0 Å². The summed E-state index contributed by atoms with van der Waals surface area (Å²) in [5.41, 5.74) is 0. The highest BCUT2D eigenvalue weighted by atomic mass is 16.5. The van der Waals surface area contributed by atoms with Gasteiger partial charge in [0.2, 0.25) is 5.91 Å². The summed E-state index contributed by atoms with van der Waals surface area (Å²) in [5, 5.41) is 6.07. The summed E-state index contributed by atoms with van der Waals surface area (Å²) in [6.45, 7) is 4.55. The molecule has 1 amide bonds. The summed E-state index contributed by atoms with van der Waals surface area (Å²) < 4.78 is 4.97. The fraction of sp³-hybridized carbons (Fsp3) is 0.875. The van der Waals surface area contributed by atoms with Crippen LogP contribution in [-0.2, 0) is 9.53 Å². The van der Waals surface area contributed by atoms with Gasteiger partial charge in [0.05, 0.1) is 0 Å². The maximum absolute atomic E-state index is 11.1. The van der Waals surface area contributed by atoms with Crippen LogP contribution >= 0.6 is 0 Å². The predicted molar refractivity (Wildman–Crippen MR) is 50.1 cm³/mol. The molecular weight excluding hydrogens is 156 g/mol. The molecule has 0 aromatic heterocycles. The molecule has 0 saturated carbocycles. The van der Waals surface area contributed by atoms with Crippen LogP contribution in [0.2, 0.25) is 0 Å². The second kappa shape index (κ2) is 5.11. The molecule has 12 heavy (non-hydrogen) atoms. The maximum Gasteiger partial charge on any atom is 0.246 e. The van der Waals surface area contributed by atoms with Crippen LogP contribution in [0.15, 0.2) is 0 Å². The lowest BCUT2D eigenvalue weighted by atomic mass is 10.2. The van der Waals surface area contributed by atoms with Crippen molar-refractivity contribution < 1.29 is 12.4 Å². The molecule has 1 rings (SSSR count). The van der Waals surface area contributed by atoms with Crippen molar-refractivity contribution in [3.05, 3.63) is 0 Å². The van der Waals surface area contributed by atoms with Gasteiger partial charge in [-0.15, -0.1) is 0 Å². The van der Waals surface area contributed by atoms with E-state index in [4.69, 9.17) is 4.74 Å². The second-order valence-electron chi connectivity index (χ2n) is 2.89. The zero-order chi connectivity index (χ0) is 8.81. The van der Waals surface area contributed by atoms with E-state index >= 15 is 0 Å². The van der Waals surface area contributed by atoms with Gasteiger partial charge in [0.1, 0.15) is 6.61 Å². The average molecular weight is 176 g/mol. The number of carbonyl (C=O) groups excluding carboxylic acids is 1. The minimum Gasteiger partial charge on any atom is -0.372 e. The Morgan fingerprint density at radius 3 is 3.25 bits per heavy atom. The quantitative estimate of drug-likeness (QED) is 0.633. The van der Waals surface area contributed by atoms with Gasteiger partial charge in [0.25, 0.3) is 0 Å². The Morgan fingerprint density at radius 2 is 2.67 bits per heavy atom. The minimum absolute atomic E-state index is 0. The highest BCUT2D eigenvalue weighted by molar-refractivity contribution is 5.77. The fourth-order valence-corrected chi connectivity index (χ4v) is 1.24. The number of hydrogen-bond acceptors (Lipinski definition) is 3. The third-order valence-corrected chi connectivity index (χ3v) is 1.86. The summed E-state index contributed by atoms with van der Waals surface area (Å²) in [7, 11) is 0. The molecule has 0 aromatic carbocycles. The van der Waals surface area contributed by atoms with Crippen LogP contribution in [0.5, 0.6) is 0 Å². The summed E-state index contributed by atoms with van der Waals surface area (Å²) >= 11 is 0. The van der Waals surface area contributed by atoms with Gasteiger partial charge in [-0.25, -0.2) is 0 Å². The first-order valence-electron chi connectivity index (χ1n) is 4.40. The van der Waals surface area contributed by atoms with Gasteiger partial charge in [-0.05, 0) is 19.9 Å². The molecule has 0 aromatic rings. The summed E-state index contributed by atoms with van der Waals surface area (Å²) in [4.78, 5) is 11.1. The van der Waals surface area contributed by atoms with Crippen LogP contribution in [-0.4, -0.2) is 38.3 Å². The first-order chi connectivity index (χ1) is 5.83. The first kappa shape index (κ1) is 9.48. The van der Waals surface area contributed by atoms with Gasteiger partial charge in [-0.1, -0.05) is 0 Å². The number of hydrogen-bond donors (Lipinski definition) is 2. The average Bonchev–Trinajstić information content (AvgIpc) is 2.53. The Balaban J connectivity index is 0. The molecule has 1 saturated heterocycles. The summed E-state index contributed by atoms with van der Waals surface area (Å²) in [6, 6.07) is 0.304. The van der Waals surface area contributed by atoms with Gasteiger partial charge in [0, 0.05) is 22.0 Å². The monoisotopic (exact) mass is 176 g/mol. The van der Waals surface area contributed by atoms with Crippen LogP contribution in [0.4, 0.5) is 0 Å². The normalized spacial score (nSPS) is 22.6. The van der Waals surface area contributed by atoms with E-state index in [-0.39, 0.29) is 15.4 Å². The Kier molecular flexibility index (Phi) is 4.04. The SMILES string of the molecule is CCOCC(=O)N[C@H]1CCNC1.[HH].[HH]. The maximum atomic E-state index is 11.1. The lowest BCUT2D eigenvalue weighted by Crippen LogP contribution is -2.38. The highest BCUT2D eigenvalue weighted by Gasteiger charge is 2.15. The standard InChI is InChI=1S/C8H16N2O2.2H2/c1-2-12-6-8(11)10-7-3-4-9-5-7;;/h7,9H,2-6H2,1H3,(H,10,11);2*1H/t7-;;/m0../s1. The van der Waals surface area contributed by atoms with E-state index in [9.17, 15) is 4.79 Å². The zero-order valence-corrected chi connectivity index (χ0v) is 7.43. The van der Waals surface area contributed by atoms with Crippen LogP contribution < -0.4 is 10.6 Å². The molecule has 0 bridgehead atoms. The van der Waals surface area contributed by atoms with Crippen molar-refractivity contribution in [2.45, 2.75) is 19.4 Å². The van der Waals surface area contributed by atoms with Crippen molar-refractivity contribution in [2.75, 3.05) is 26.3 Å². The van der Waals surface area contributed by atoms with Crippen LogP contribution in [0.25, 0.3) is 0 Å². The molecule has 4 nitrogen and oxygen atoms in total. The number of carbonyl (C=O) groups is 1. The minimum atomic E-state index is -0.00875. The summed E-state index contributed by atoms with van der Waals surface area (Å²) in [6.07, 6.45) is 1.03. The molecule has 1 fully saturated rings. The fourth-order valence-electron chi connectivity index (χ4n) is 1.24. The molecule has 1 aliphatic heterocycles. The van der Waals surface area contributed by atoms with E-state index in [2.05, 4.69) is 10.6 Å². The van der Waals surface area contributed by atoms with Crippen molar-refractivity contribution >= 4 is 5.91 Å². The first-order valence-corrected chi connectivity index (χ1v) is 4.40. The molecule has 4 heteroatoms. The molecule has 74 valence electrons. The van der Waals surface area contributed by atoms with Gasteiger partial charge < -0.3 is 15.4 Å². The molecule has 0 unspecified atom stereocenters. The van der Waals surface area contributed by atoms with Crippen LogP contribution in [0.1, 0.15) is 16.2 Å². The molecule has 2 N–H and O–H groups in total. The van der Waals surface area contributed by atoms with E-state index in [1.54, 1.807) is 0 Å². The molecule has 0 radical (unpaired) electrons. The Morgan fingerprint density at radius 1 is 1.83 bits per heavy atom. The Bertz CT molecular complexity index is 152. The van der Waals surface area contributed by atoms with Crippen LogP contribution in [0.3, 0.4) is 0 Å². The van der Waals surface area contributed by atoms with Crippen molar-refractivity contribution in [3.8, 4) is 0 Å². The number of amides is 1. The van der Waals surface area contributed by atoms with Gasteiger partial charge in [0.15, 0.2) is 0 Å². The summed E-state index contributed by atoms with van der Waals surface area (Å²) in [5.74, 6) is -0.00875. The van der Waals surface area contributed by atoms with E-state index in [0.717, 1.165) is 19.5 Å². The van der Waals surface area contributed by atoms with Crippen molar-refractivity contribution in [1.29, 1.82) is 0 Å². The molecule has 1 heterocycles. The van der Waals surface area contributed by atoms with Gasteiger partial charge in [-0.3, -0.25) is 4.79 Å². The number of rotatable bonds is 4. The van der Waals surface area contributed by atoms with E-state index in [1.165, 1.54) is 0 Å². The molecule has 0 aliphatic carbocycles. The van der Waals surface area contributed by atoms with E-state index in [1.807, 2.05) is 6.92 Å². The van der Waals surface area contributed by atoms with E-state index in [0.29, 0.717) is 12.6 Å². The third-order valence-electron chi connectivity index (χ3n) is 1.86. The molecule has 1 aliphatic rings. The van der Waals surface area contributed by atoms with E-state index < -0.39 is 0 Å². The predicted octanol–water partition coefficient (Wildman–Crippen LogP) is -0.00700. The van der Waals surface area contributed by atoms with Crippen molar-refractivity contribution in [1.82, 2.24) is 10.6 Å². The third kappa shape index (κ3) is 3.19. The largest absolute Gasteiger partial charge is 0.372 e. The Labute approximate surface area is 75.6 Å².